The average molecular weight is 464 g/mol. The van der Waals surface area contributed by atoms with Gasteiger partial charge >= 0.3 is 0 Å². The van der Waals surface area contributed by atoms with Crippen molar-refractivity contribution in [2.24, 2.45) is 5.92 Å². The van der Waals surface area contributed by atoms with Crippen LogP contribution >= 0.6 is 7.26 Å². The van der Waals surface area contributed by atoms with Crippen LogP contribution in [0.1, 0.15) is 49.7 Å². The molecule has 0 aliphatic heterocycles. The second kappa shape index (κ2) is 11.2. The summed E-state index contributed by atoms with van der Waals surface area (Å²) in [4.78, 5) is 0. The topological polar surface area (TPSA) is 0 Å². The first kappa shape index (κ1) is 23.1. The molecule has 0 spiro atoms. The molecule has 5 rings (SSSR count). The van der Waals surface area contributed by atoms with Crippen LogP contribution in [0, 0.1) is 5.92 Å². The molecule has 0 nitrogen and oxygen atoms in total. The zero-order valence-corrected chi connectivity index (χ0v) is 21.0. The summed E-state index contributed by atoms with van der Waals surface area (Å²) in [5.74, 6) is 0.900. The quantitative estimate of drug-likeness (QED) is 0.235. The molecule has 0 amide bonds. The first-order valence-electron chi connectivity index (χ1n) is 13.0. The first-order chi connectivity index (χ1) is 16.9. The zero-order chi connectivity index (χ0) is 23.1. The standard InChI is InChI=1S/C33H36P/c1-5-15-28(16-6-1)25-26-30-19-13-14-24-33(30)34(31-20-9-3-10-21-31,32-22-11-4-12-23-32)27-29-17-7-2-8-18-29/h2-4,7-14,17-24,28H,1,5-6,15-16,25-27H2/q+1. The van der Waals surface area contributed by atoms with E-state index in [0.717, 1.165) is 12.1 Å². The minimum absolute atomic E-state index is 0.900. The molecule has 0 radical (unpaired) electrons. The maximum Gasteiger partial charge on any atom is 0.116 e. The summed E-state index contributed by atoms with van der Waals surface area (Å²) < 4.78 is 0. The lowest BCUT2D eigenvalue weighted by molar-refractivity contribution is 0.339. The molecule has 1 heteroatoms. The summed E-state index contributed by atoms with van der Waals surface area (Å²) in [6.07, 6.45) is 10.7. The molecule has 0 aromatic heterocycles. The van der Waals surface area contributed by atoms with E-state index in [1.165, 1.54) is 61.1 Å². The summed E-state index contributed by atoms with van der Waals surface area (Å²) in [5, 5.41) is 4.54. The Morgan fingerprint density at radius 2 is 1.09 bits per heavy atom. The van der Waals surface area contributed by atoms with Crippen LogP contribution < -0.4 is 15.9 Å². The highest BCUT2D eigenvalue weighted by Crippen LogP contribution is 2.58. The molecule has 0 atom stereocenters. The summed E-state index contributed by atoms with van der Waals surface area (Å²) in [5.41, 5.74) is 2.98. The van der Waals surface area contributed by atoms with Gasteiger partial charge in [-0.05, 0) is 60.2 Å². The number of aryl methyl sites for hydroxylation is 1. The Morgan fingerprint density at radius 3 is 1.71 bits per heavy atom. The van der Waals surface area contributed by atoms with E-state index >= 15 is 0 Å². The largest absolute Gasteiger partial charge is 0.116 e. The first-order valence-corrected chi connectivity index (χ1v) is 15.0. The lowest BCUT2D eigenvalue weighted by atomic mass is 9.85. The van der Waals surface area contributed by atoms with Gasteiger partial charge in [0.1, 0.15) is 23.2 Å². The van der Waals surface area contributed by atoms with Crippen molar-refractivity contribution in [1.82, 2.24) is 0 Å². The van der Waals surface area contributed by atoms with E-state index in [1.807, 2.05) is 0 Å². The van der Waals surface area contributed by atoms with Crippen molar-refractivity contribution in [3.8, 4) is 0 Å². The van der Waals surface area contributed by atoms with Gasteiger partial charge in [0.2, 0.25) is 0 Å². The van der Waals surface area contributed by atoms with E-state index in [-0.39, 0.29) is 0 Å². The zero-order valence-electron chi connectivity index (χ0n) is 20.2. The van der Waals surface area contributed by atoms with E-state index in [9.17, 15) is 0 Å². The van der Waals surface area contributed by atoms with Crippen molar-refractivity contribution in [1.29, 1.82) is 0 Å². The van der Waals surface area contributed by atoms with Crippen molar-refractivity contribution in [3.05, 3.63) is 126 Å². The Morgan fingerprint density at radius 1 is 0.559 bits per heavy atom. The summed E-state index contributed by atoms with van der Waals surface area (Å²) in [7, 11) is -1.88. The summed E-state index contributed by atoms with van der Waals surface area (Å²) >= 11 is 0. The minimum atomic E-state index is -1.88. The van der Waals surface area contributed by atoms with Crippen LogP contribution in [-0.2, 0) is 12.6 Å². The van der Waals surface area contributed by atoms with Gasteiger partial charge < -0.3 is 0 Å². The molecule has 1 fully saturated rings. The second-order valence-corrected chi connectivity index (χ2v) is 13.2. The van der Waals surface area contributed by atoms with Crippen molar-refractivity contribution in [2.75, 3.05) is 0 Å². The molecule has 1 saturated carbocycles. The number of hydrogen-bond acceptors (Lipinski definition) is 0. The number of hydrogen-bond donors (Lipinski definition) is 0. The molecule has 172 valence electrons. The van der Waals surface area contributed by atoms with Crippen LogP contribution in [0.5, 0.6) is 0 Å². The Hall–Kier alpha value is -2.69. The highest BCUT2D eigenvalue weighted by Gasteiger charge is 2.46. The molecule has 0 N–H and O–H groups in total. The molecule has 1 aliphatic carbocycles. The van der Waals surface area contributed by atoms with Gasteiger partial charge in [0, 0.05) is 0 Å². The van der Waals surface area contributed by atoms with Gasteiger partial charge in [-0.1, -0.05) is 117 Å². The average Bonchev–Trinajstić information content (AvgIpc) is 2.93. The molecule has 4 aromatic rings. The smallest absolute Gasteiger partial charge is 0.0622 e. The fourth-order valence-electron chi connectivity index (χ4n) is 5.85. The van der Waals surface area contributed by atoms with Gasteiger partial charge in [-0.15, -0.1) is 0 Å². The molecule has 1 aliphatic rings. The Bertz CT molecular complexity index is 1110. The predicted molar refractivity (Wildman–Crippen MR) is 150 cm³/mol. The van der Waals surface area contributed by atoms with Crippen LogP contribution in [0.2, 0.25) is 0 Å². The number of benzene rings is 4. The van der Waals surface area contributed by atoms with Gasteiger partial charge in [-0.25, -0.2) is 0 Å². The molecular weight excluding hydrogens is 427 g/mol. The second-order valence-electron chi connectivity index (χ2n) is 9.80. The van der Waals surface area contributed by atoms with Crippen molar-refractivity contribution in [2.45, 2.75) is 51.1 Å². The molecule has 34 heavy (non-hydrogen) atoms. The monoisotopic (exact) mass is 463 g/mol. The maximum absolute atomic E-state index is 2.45. The third kappa shape index (κ3) is 5.03. The fourth-order valence-corrected chi connectivity index (χ4v) is 10.4. The fraction of sp³-hybridized carbons (Fsp3) is 0.273. The van der Waals surface area contributed by atoms with Crippen LogP contribution in [0.15, 0.2) is 115 Å². The Labute approximate surface area is 206 Å². The van der Waals surface area contributed by atoms with Crippen LogP contribution in [0.3, 0.4) is 0 Å². The molecule has 0 heterocycles. The van der Waals surface area contributed by atoms with Gasteiger partial charge in [0.05, 0.1) is 6.16 Å². The lowest BCUT2D eigenvalue weighted by Crippen LogP contribution is -2.34. The molecule has 4 aromatic carbocycles. The van der Waals surface area contributed by atoms with E-state index in [0.29, 0.717) is 0 Å². The summed E-state index contributed by atoms with van der Waals surface area (Å²) in [6.45, 7) is 0. The van der Waals surface area contributed by atoms with Crippen LogP contribution in [0.4, 0.5) is 0 Å². The van der Waals surface area contributed by atoms with Crippen LogP contribution in [0.25, 0.3) is 0 Å². The van der Waals surface area contributed by atoms with Crippen molar-refractivity contribution in [3.63, 3.8) is 0 Å². The predicted octanol–water partition coefficient (Wildman–Crippen LogP) is 7.69. The van der Waals surface area contributed by atoms with Crippen molar-refractivity contribution < 1.29 is 0 Å². The van der Waals surface area contributed by atoms with Gasteiger partial charge in [-0.3, -0.25) is 0 Å². The van der Waals surface area contributed by atoms with E-state index < -0.39 is 7.26 Å². The van der Waals surface area contributed by atoms with Crippen LogP contribution in [-0.4, -0.2) is 0 Å². The van der Waals surface area contributed by atoms with E-state index in [2.05, 4.69) is 115 Å². The molecule has 0 bridgehead atoms. The van der Waals surface area contributed by atoms with Gasteiger partial charge in [0.15, 0.2) is 0 Å². The van der Waals surface area contributed by atoms with Gasteiger partial charge in [0.25, 0.3) is 0 Å². The molecule has 0 unspecified atom stereocenters. The molecular formula is C33H36P+. The summed E-state index contributed by atoms with van der Waals surface area (Å²) in [6, 6.07) is 43.2. The van der Waals surface area contributed by atoms with E-state index in [4.69, 9.17) is 0 Å². The SMILES string of the molecule is c1ccc(C[P+](c2ccccc2)(c2ccccc2)c2ccccc2CCC2CCCCC2)cc1. The highest BCUT2D eigenvalue weighted by atomic mass is 31.2. The molecule has 0 saturated heterocycles. The Kier molecular flexibility index (Phi) is 7.57. The highest BCUT2D eigenvalue weighted by molar-refractivity contribution is 7.95. The minimum Gasteiger partial charge on any atom is -0.0622 e. The third-order valence-corrected chi connectivity index (χ3v) is 12.1. The van der Waals surface area contributed by atoms with E-state index in [1.54, 1.807) is 10.9 Å². The third-order valence-electron chi connectivity index (χ3n) is 7.61. The number of rotatable bonds is 8. The Balaban J connectivity index is 1.65. The normalized spacial score (nSPS) is 14.7. The maximum atomic E-state index is 2.45. The van der Waals surface area contributed by atoms with Gasteiger partial charge in [-0.2, -0.15) is 0 Å². The van der Waals surface area contributed by atoms with Crippen molar-refractivity contribution >= 4 is 23.2 Å². The lowest BCUT2D eigenvalue weighted by Gasteiger charge is -2.30.